The van der Waals surface area contributed by atoms with E-state index in [1.807, 2.05) is 92.0 Å². The maximum absolute atomic E-state index is 13.2. The highest BCUT2D eigenvalue weighted by Gasteiger charge is 2.24. The molecule has 0 unspecified atom stereocenters. The van der Waals surface area contributed by atoms with Crippen LogP contribution in [0.4, 0.5) is 0 Å². The summed E-state index contributed by atoms with van der Waals surface area (Å²) in [6.07, 6.45) is 4.50. The number of benzene rings is 2. The molecule has 6 rings (SSSR count). The number of carbonyl (C=O) groups excluding carboxylic acids is 3. The number of rotatable bonds is 21. The number of carbonyl (C=O) groups is 4. The number of Topliss-reactive ketones (excluding diaryl/α,β-unsaturated/α-hetero) is 2. The number of ketones is 2. The molecule has 4 heterocycles. The molecule has 0 radical (unpaired) electrons. The van der Waals surface area contributed by atoms with Crippen LogP contribution >= 0.6 is 0 Å². The van der Waals surface area contributed by atoms with E-state index in [0.29, 0.717) is 36.9 Å². The first-order chi connectivity index (χ1) is 30.0. The quantitative estimate of drug-likeness (QED) is 0.0868. The van der Waals surface area contributed by atoms with Crippen LogP contribution in [-0.4, -0.2) is 104 Å². The van der Waals surface area contributed by atoms with Gasteiger partial charge in [-0.05, 0) is 55.2 Å². The maximum Gasteiger partial charge on any atom is 0.319 e. The van der Waals surface area contributed by atoms with Gasteiger partial charge in [-0.15, -0.1) is 0 Å². The molecule has 3 N–H and O–H groups in total. The Balaban J connectivity index is 0.000000235. The molecule has 0 amide bonds. The van der Waals surface area contributed by atoms with Crippen LogP contribution in [0.5, 0.6) is 11.8 Å². The fourth-order valence-corrected chi connectivity index (χ4v) is 6.52. The maximum atomic E-state index is 13.2. The number of aromatic nitrogens is 6. The predicted molar refractivity (Wildman–Crippen MR) is 232 cm³/mol. The summed E-state index contributed by atoms with van der Waals surface area (Å²) >= 11 is 0. The van der Waals surface area contributed by atoms with Crippen LogP contribution in [0, 0.1) is 0 Å². The summed E-state index contributed by atoms with van der Waals surface area (Å²) in [6.45, 7) is 1.75. The molecule has 0 spiro atoms. The lowest BCUT2D eigenvalue weighted by Crippen LogP contribution is -2.42. The lowest BCUT2D eigenvalue weighted by atomic mass is 9.99. The Kier molecular flexibility index (Phi) is 17.1. The number of nitrogens with one attached hydrogen (secondary N) is 2. The van der Waals surface area contributed by atoms with E-state index in [9.17, 15) is 19.2 Å². The molecule has 0 saturated carbocycles. The van der Waals surface area contributed by atoms with E-state index in [4.69, 9.17) is 19.3 Å². The lowest BCUT2D eigenvalue weighted by Gasteiger charge is -2.17. The summed E-state index contributed by atoms with van der Waals surface area (Å²) in [7, 11) is 6.70. The number of ether oxygens (including phenoxy) is 3. The topological polar surface area (TPSA) is 202 Å². The van der Waals surface area contributed by atoms with Crippen molar-refractivity contribution in [3.63, 3.8) is 0 Å². The van der Waals surface area contributed by atoms with Gasteiger partial charge in [0, 0.05) is 61.1 Å². The van der Waals surface area contributed by atoms with E-state index >= 15 is 0 Å². The van der Waals surface area contributed by atoms with Crippen molar-refractivity contribution < 1.29 is 38.5 Å². The van der Waals surface area contributed by atoms with Gasteiger partial charge in [0.1, 0.15) is 0 Å². The molecule has 6 aromatic rings. The van der Waals surface area contributed by atoms with Gasteiger partial charge < -0.3 is 19.3 Å². The normalized spacial score (nSPS) is 11.8. The van der Waals surface area contributed by atoms with Crippen LogP contribution in [0.15, 0.2) is 109 Å². The average Bonchev–Trinajstić information content (AvgIpc) is 3.84. The Morgan fingerprint density at radius 3 is 1.48 bits per heavy atom. The van der Waals surface area contributed by atoms with Crippen molar-refractivity contribution in [2.45, 2.75) is 44.7 Å². The molecule has 16 heteroatoms. The zero-order valence-corrected chi connectivity index (χ0v) is 35.5. The Labute approximate surface area is 360 Å². The van der Waals surface area contributed by atoms with Gasteiger partial charge in [-0.3, -0.25) is 39.2 Å². The lowest BCUT2D eigenvalue weighted by molar-refractivity contribution is -0.142. The third kappa shape index (κ3) is 13.8. The molecule has 0 aliphatic heterocycles. The summed E-state index contributed by atoms with van der Waals surface area (Å²) in [6, 6.07) is 29.1. The summed E-state index contributed by atoms with van der Waals surface area (Å²) < 4.78 is 18.7. The second-order valence-corrected chi connectivity index (χ2v) is 14.2. The highest BCUT2D eigenvalue weighted by atomic mass is 16.5. The van der Waals surface area contributed by atoms with Crippen LogP contribution in [0.3, 0.4) is 0 Å². The number of carboxylic acid groups (broad SMARTS) is 1. The summed E-state index contributed by atoms with van der Waals surface area (Å²) in [5, 5.41) is 24.0. The minimum Gasteiger partial charge on any atom is -0.481 e. The van der Waals surface area contributed by atoms with Crippen LogP contribution in [0.2, 0.25) is 0 Å². The van der Waals surface area contributed by atoms with Gasteiger partial charge >= 0.3 is 11.9 Å². The number of pyridine rings is 2. The number of hydrogen-bond acceptors (Lipinski definition) is 13. The fourth-order valence-electron chi connectivity index (χ4n) is 6.52. The van der Waals surface area contributed by atoms with Gasteiger partial charge in [-0.25, -0.2) is 9.97 Å². The molecule has 0 aliphatic carbocycles. The zero-order chi connectivity index (χ0) is 44.4. The van der Waals surface area contributed by atoms with Gasteiger partial charge in [0.05, 0.1) is 70.2 Å². The standard InChI is InChI=1S/C24H28N4O4.C22H24N4O4/c1-4-32-24(30)16-26-21(12-17-8-6-5-7-9-17)22(29)15-19-14-20(27-28(19)2)18-10-11-25-23(13-18)31-3;1-26-17(12-18(25-26)16-8-9-23-21(11-16)30-2)13-20(27)19(24-14-22(28)29)10-15-6-4-3-5-7-15/h5-11,13-14,21,26H,4,12,15-16H2,1-3H3;3-9,11-12,19,24H,10,13-14H2,1-2H3,(H,28,29)/t21-;19-/m00/s1. The number of esters is 1. The van der Waals surface area contributed by atoms with E-state index in [-0.39, 0.29) is 43.5 Å². The molecule has 4 aromatic heterocycles. The summed E-state index contributed by atoms with van der Waals surface area (Å²) in [5.74, 6) is -0.529. The molecule has 2 atom stereocenters. The number of nitrogens with zero attached hydrogens (tertiary/aromatic N) is 6. The van der Waals surface area contributed by atoms with E-state index in [2.05, 4.69) is 30.8 Å². The van der Waals surface area contributed by atoms with Crippen molar-refractivity contribution in [2.24, 2.45) is 14.1 Å². The number of carboxylic acids is 1. The largest absolute Gasteiger partial charge is 0.481 e. The van der Waals surface area contributed by atoms with Crippen molar-refractivity contribution in [3.8, 4) is 34.3 Å². The number of aliphatic carboxylic acids is 1. The Hall–Kier alpha value is -7.04. The third-order valence-electron chi connectivity index (χ3n) is 9.78. The van der Waals surface area contributed by atoms with Crippen LogP contribution in [0.1, 0.15) is 29.4 Å². The molecular weight excluding hydrogens is 793 g/mol. The SMILES string of the molecule is CCOC(=O)CN[C@@H](Cc1ccccc1)C(=O)Cc1cc(-c2ccnc(OC)c2)nn1C.COc1cc(-c2cc(CC(=O)[C@H](Cc3ccccc3)NCC(=O)O)n(C)n2)ccn1. The Bertz CT molecular complexity index is 2400. The number of aryl methyl sites for hydroxylation is 2. The van der Waals surface area contributed by atoms with E-state index < -0.39 is 18.1 Å². The van der Waals surface area contributed by atoms with E-state index in [1.54, 1.807) is 62.1 Å². The highest BCUT2D eigenvalue weighted by molar-refractivity contribution is 5.87. The van der Waals surface area contributed by atoms with Gasteiger partial charge in [-0.1, -0.05) is 60.7 Å². The van der Waals surface area contributed by atoms with Crippen molar-refractivity contribution >= 4 is 23.5 Å². The molecule has 16 nitrogen and oxygen atoms in total. The van der Waals surface area contributed by atoms with Crippen LogP contribution in [0.25, 0.3) is 22.5 Å². The molecule has 0 bridgehead atoms. The predicted octanol–water partition coefficient (Wildman–Crippen LogP) is 4.25. The summed E-state index contributed by atoms with van der Waals surface area (Å²) in [5.41, 5.74) is 6.61. The monoisotopic (exact) mass is 844 g/mol. The first kappa shape index (κ1) is 46.0. The van der Waals surface area contributed by atoms with Crippen molar-refractivity contribution in [1.29, 1.82) is 0 Å². The second kappa shape index (κ2) is 23.1. The van der Waals surface area contributed by atoms with Crippen LogP contribution < -0.4 is 20.1 Å². The number of methoxy groups -OCH3 is 2. The van der Waals surface area contributed by atoms with Gasteiger partial charge in [-0.2, -0.15) is 10.2 Å². The smallest absolute Gasteiger partial charge is 0.319 e. The zero-order valence-electron chi connectivity index (χ0n) is 35.5. The molecule has 62 heavy (non-hydrogen) atoms. The molecule has 0 saturated heterocycles. The molecule has 0 aliphatic rings. The van der Waals surface area contributed by atoms with Gasteiger partial charge in [0.25, 0.3) is 0 Å². The Morgan fingerprint density at radius 2 is 1.08 bits per heavy atom. The summed E-state index contributed by atoms with van der Waals surface area (Å²) in [4.78, 5) is 57.2. The van der Waals surface area contributed by atoms with Crippen molar-refractivity contribution in [2.75, 3.05) is 33.9 Å². The first-order valence-electron chi connectivity index (χ1n) is 20.0. The highest BCUT2D eigenvalue weighted by Crippen LogP contribution is 2.24. The number of hydrogen-bond donors (Lipinski definition) is 3. The van der Waals surface area contributed by atoms with E-state index in [0.717, 1.165) is 39.3 Å². The molecule has 324 valence electrons. The minimum absolute atomic E-state index is 0.0233. The van der Waals surface area contributed by atoms with Crippen LogP contribution in [-0.2, 0) is 63.7 Å². The Morgan fingerprint density at radius 1 is 0.645 bits per heavy atom. The van der Waals surface area contributed by atoms with Crippen molar-refractivity contribution in [3.05, 3.63) is 132 Å². The van der Waals surface area contributed by atoms with E-state index in [1.165, 1.54) is 0 Å². The molecule has 0 fully saturated rings. The minimum atomic E-state index is -1.00. The second-order valence-electron chi connectivity index (χ2n) is 14.2. The molecule has 2 aromatic carbocycles. The van der Waals surface area contributed by atoms with Gasteiger partial charge in [0.15, 0.2) is 11.6 Å². The van der Waals surface area contributed by atoms with Crippen molar-refractivity contribution in [1.82, 2.24) is 40.2 Å². The average molecular weight is 845 g/mol. The fraction of sp³-hybridized carbons (Fsp3) is 0.304. The first-order valence-corrected chi connectivity index (χ1v) is 20.0. The molecular formula is C46H52N8O8. The van der Waals surface area contributed by atoms with Gasteiger partial charge in [0.2, 0.25) is 11.8 Å². The third-order valence-corrected chi connectivity index (χ3v) is 9.78.